The number of aromatic nitrogens is 1. The van der Waals surface area contributed by atoms with Gasteiger partial charge in [0, 0.05) is 55.3 Å². The van der Waals surface area contributed by atoms with E-state index in [-0.39, 0.29) is 49.5 Å². The molecule has 1 fully saturated rings. The predicted octanol–water partition coefficient (Wildman–Crippen LogP) is 1.00. The van der Waals surface area contributed by atoms with E-state index in [9.17, 15) is 48.6 Å². The predicted molar refractivity (Wildman–Crippen MR) is 323 cm³/mol. The number of phenols is 1. The van der Waals surface area contributed by atoms with Crippen molar-refractivity contribution in [2.75, 3.05) is 18.1 Å². The normalized spacial score (nSPS) is 20.2. The summed E-state index contributed by atoms with van der Waals surface area (Å²) in [6, 6.07) is 15.8. The molecule has 1 aromatic heterocycles. The largest absolute Gasteiger partial charge is 0.508 e. The Morgan fingerprint density at radius 1 is 0.682 bits per heavy atom. The Morgan fingerprint density at radius 2 is 1.25 bits per heavy atom. The van der Waals surface area contributed by atoms with Crippen molar-refractivity contribution in [1.29, 1.82) is 0 Å². The van der Waals surface area contributed by atoms with Crippen LogP contribution < -0.4 is 54.4 Å². The van der Waals surface area contributed by atoms with Gasteiger partial charge in [0.2, 0.25) is 47.3 Å². The molecule has 6 rings (SSSR count). The van der Waals surface area contributed by atoms with Gasteiger partial charge >= 0.3 is 0 Å². The van der Waals surface area contributed by atoms with Gasteiger partial charge in [0.25, 0.3) is 11.9 Å². The molecule has 4 aromatic carbocycles. The molecule has 9 unspecified atom stereocenters. The number of rotatable bonds is 17. The van der Waals surface area contributed by atoms with Crippen LogP contribution in [0.1, 0.15) is 70.6 Å². The van der Waals surface area contributed by atoms with Crippen LogP contribution in [0.5, 0.6) is 5.75 Å². The molecule has 460 valence electrons. The first-order valence-electron chi connectivity index (χ1n) is 27.3. The maximum atomic E-state index is 14.9. The van der Waals surface area contributed by atoms with Crippen LogP contribution in [0.15, 0.2) is 97.2 Å². The molecule has 27 heteroatoms. The molecule has 2 heterocycles. The second-order valence-corrected chi connectivity index (χ2v) is 23.0. The quantitative estimate of drug-likeness (QED) is 0.0456. The number of carboxylic acid groups (broad SMARTS) is 2. The van der Waals surface area contributed by atoms with Crippen LogP contribution in [-0.4, -0.2) is 157 Å². The van der Waals surface area contributed by atoms with Gasteiger partial charge in [-0.25, -0.2) is 0 Å². The van der Waals surface area contributed by atoms with E-state index < -0.39 is 120 Å². The third kappa shape index (κ3) is 23.0. The minimum atomic E-state index is -1.55. The van der Waals surface area contributed by atoms with Gasteiger partial charge in [-0.1, -0.05) is 108 Å². The number of aromatic hydroxyl groups is 1. The van der Waals surface area contributed by atoms with Gasteiger partial charge in [0.05, 0.1) is 12.1 Å². The fourth-order valence-corrected chi connectivity index (χ4v) is 11.0. The number of unbranched alkanes of at least 4 members (excludes halogenated alkanes) is 1. The van der Waals surface area contributed by atoms with Gasteiger partial charge in [-0.15, -0.1) is 0 Å². The van der Waals surface area contributed by atoms with Crippen molar-refractivity contribution < 1.29 is 68.4 Å². The lowest BCUT2D eigenvalue weighted by Crippen LogP contribution is -2.62. The van der Waals surface area contributed by atoms with Crippen LogP contribution in [0.4, 0.5) is 0 Å². The Morgan fingerprint density at radius 3 is 1.87 bits per heavy atom. The van der Waals surface area contributed by atoms with Crippen LogP contribution >= 0.6 is 21.6 Å². The summed E-state index contributed by atoms with van der Waals surface area (Å²) in [7, 11) is 2.03. The molecule has 18 N–H and O–H groups in total. The van der Waals surface area contributed by atoms with E-state index in [4.69, 9.17) is 37.0 Å². The molecule has 0 radical (unpaired) electrons. The van der Waals surface area contributed by atoms with Gasteiger partial charge in [-0.05, 0) is 90.7 Å². The Hall–Kier alpha value is -8.24. The Labute approximate surface area is 499 Å². The first kappa shape index (κ1) is 69.3. The van der Waals surface area contributed by atoms with Crippen molar-refractivity contribution >= 4 is 102 Å². The zero-order valence-corrected chi connectivity index (χ0v) is 49.4. The number of primary amides is 1. The number of aliphatic hydroxyl groups excluding tert-OH is 1. The fourth-order valence-electron chi connectivity index (χ4n) is 8.71. The van der Waals surface area contributed by atoms with Crippen molar-refractivity contribution in [2.24, 2.45) is 23.1 Å². The summed E-state index contributed by atoms with van der Waals surface area (Å²) < 4.78 is 0. The van der Waals surface area contributed by atoms with Crippen LogP contribution in [0.3, 0.4) is 0 Å². The molecule has 0 spiro atoms. The smallest absolute Gasteiger partial charge is 0.300 e. The maximum Gasteiger partial charge on any atom is 0.300 e. The lowest BCUT2D eigenvalue weighted by Gasteiger charge is -2.29. The number of aromatic amines is 1. The molecule has 8 amide bonds. The van der Waals surface area contributed by atoms with E-state index in [1.807, 2.05) is 66.7 Å². The minimum absolute atomic E-state index is 0.0501. The summed E-state index contributed by atoms with van der Waals surface area (Å²) in [6.45, 7) is 7.02. The van der Waals surface area contributed by atoms with Crippen LogP contribution in [-0.2, 0) is 67.2 Å². The summed E-state index contributed by atoms with van der Waals surface area (Å²) in [5.74, 6) is -9.33. The third-order valence-corrected chi connectivity index (χ3v) is 15.5. The molecule has 1 saturated heterocycles. The number of hydrogen-bond donors (Lipinski definition) is 15. The standard InChI is InChI=1S/C54H69N11O10S2.2C2H4O2/c1-29(2)45-54(75)63-44(53(74)65-46(30(3)66)47(57)68)28-77-76-27-43(62-48(69)38(56)23-32-15-18-33-10-4-5-11-34(33)22-32)52(73)60-41(24-31-16-19-36(67)20-17-31)50(71)61-42(25-35-26-58-39-13-7-6-12-37(35)39)51(72)59-40(49(70)64-45)14-8-9-21-55;2*1-2(3)4/h4-7,10-13,15-20,22,26,29-30,38,40-46,58,66-67H,8-9,14,21,23-25,27-28,55-56H2,1-3H3,(H2,57,68)(H,59,72)(H,60,73)(H,61,71)(H,62,69)(H,63,75)(H,64,70)(H,65,74);2*1H3,(H,3,4). The zero-order chi connectivity index (χ0) is 62.9. The van der Waals surface area contributed by atoms with Gasteiger partial charge in [0.15, 0.2) is 0 Å². The number of H-pyrrole nitrogens is 1. The molecule has 5 aromatic rings. The number of carbonyl (C=O) groups excluding carboxylic acids is 8. The molecular weight excluding hydrogens is 1140 g/mol. The van der Waals surface area contributed by atoms with Gasteiger partial charge in [-0.2, -0.15) is 0 Å². The van der Waals surface area contributed by atoms with Gasteiger partial charge in [-0.3, -0.25) is 47.9 Å². The molecule has 85 heavy (non-hydrogen) atoms. The Bertz CT molecular complexity index is 3090. The number of aliphatic carboxylic acids is 2. The highest BCUT2D eigenvalue weighted by Gasteiger charge is 2.36. The molecule has 1 aliphatic rings. The van der Waals surface area contributed by atoms with Crippen LogP contribution in [0.25, 0.3) is 21.7 Å². The molecule has 9 atom stereocenters. The van der Waals surface area contributed by atoms with Gasteiger partial charge < -0.3 is 79.8 Å². The van der Waals surface area contributed by atoms with E-state index in [2.05, 4.69) is 42.2 Å². The van der Waals surface area contributed by atoms with Crippen molar-refractivity contribution in [3.05, 3.63) is 114 Å². The van der Waals surface area contributed by atoms with E-state index in [0.29, 0.717) is 24.0 Å². The van der Waals surface area contributed by atoms with E-state index >= 15 is 0 Å². The number of aliphatic hydroxyl groups is 1. The summed E-state index contributed by atoms with van der Waals surface area (Å²) in [5.41, 5.74) is 20.5. The molecule has 0 aliphatic carbocycles. The lowest BCUT2D eigenvalue weighted by atomic mass is 10.00. The number of amides is 8. The minimum Gasteiger partial charge on any atom is -0.508 e. The maximum absolute atomic E-state index is 14.9. The number of carboxylic acids is 2. The Kier molecular flexibility index (Phi) is 28.1. The summed E-state index contributed by atoms with van der Waals surface area (Å²) in [4.78, 5) is 134. The zero-order valence-electron chi connectivity index (χ0n) is 47.8. The van der Waals surface area contributed by atoms with E-state index in [1.54, 1.807) is 32.2 Å². The molecule has 0 saturated carbocycles. The number of hydrogen-bond acceptors (Lipinski definition) is 16. The highest BCUT2D eigenvalue weighted by atomic mass is 33.1. The molecule has 25 nitrogen and oxygen atoms in total. The highest BCUT2D eigenvalue weighted by molar-refractivity contribution is 8.76. The summed E-state index contributed by atoms with van der Waals surface area (Å²) in [5, 5.41) is 57.0. The average molecular weight is 1220 g/mol. The number of benzene rings is 4. The number of carbonyl (C=O) groups is 10. The SMILES string of the molecule is CC(=O)O.CC(=O)O.CC(C)C1NC(=O)C(CCCCN)NC(=O)C(Cc2c[nH]c3ccccc23)NC(=O)C(Cc2ccc(O)cc2)NC(=O)C(NC(=O)C(N)Cc2ccc3ccccc3c2)CSSCC(C(=O)NC(C(N)=O)C(C)O)NC1=O. The first-order valence-corrected chi connectivity index (χ1v) is 29.8. The Balaban J connectivity index is 0.00000182. The monoisotopic (exact) mass is 1220 g/mol. The van der Waals surface area contributed by atoms with Crippen molar-refractivity contribution in [3.8, 4) is 5.75 Å². The molecular formula is C58H77N11O14S2. The fraction of sp³-hybridized carbons (Fsp3) is 0.414. The highest BCUT2D eigenvalue weighted by Crippen LogP contribution is 2.25. The van der Waals surface area contributed by atoms with Crippen molar-refractivity contribution in [3.63, 3.8) is 0 Å². The summed E-state index contributed by atoms with van der Waals surface area (Å²) >= 11 is 0. The lowest BCUT2D eigenvalue weighted by molar-refractivity contribution is -0.136. The van der Waals surface area contributed by atoms with E-state index in [1.165, 1.54) is 19.1 Å². The van der Waals surface area contributed by atoms with Gasteiger partial charge in [0.1, 0.15) is 48.0 Å². The van der Waals surface area contributed by atoms with Crippen molar-refractivity contribution in [2.45, 2.75) is 128 Å². The number of fused-ring (bicyclic) bond motifs is 2. The third-order valence-electron chi connectivity index (χ3n) is 13.1. The average Bonchev–Trinajstić information content (AvgIpc) is 3.06. The second kappa shape index (κ2) is 34.5. The number of nitrogens with one attached hydrogen (secondary N) is 8. The van der Waals surface area contributed by atoms with Crippen molar-refractivity contribution in [1.82, 2.24) is 42.2 Å². The number of para-hydroxylation sites is 1. The topological polar surface area (TPSA) is 430 Å². The second-order valence-electron chi connectivity index (χ2n) is 20.5. The molecule has 0 bridgehead atoms. The number of nitrogens with two attached hydrogens (primary N) is 3. The summed E-state index contributed by atoms with van der Waals surface area (Å²) in [6.07, 6.45) is 1.05. The number of phenolic OH excluding ortho intramolecular Hbond substituents is 1. The molecule has 1 aliphatic heterocycles. The first-order chi connectivity index (χ1) is 40.3. The van der Waals surface area contributed by atoms with Crippen LogP contribution in [0, 0.1) is 5.92 Å². The van der Waals surface area contributed by atoms with Crippen LogP contribution in [0.2, 0.25) is 0 Å². The van der Waals surface area contributed by atoms with E-state index in [0.717, 1.165) is 62.7 Å².